The van der Waals surface area contributed by atoms with Gasteiger partial charge in [0.2, 0.25) is 0 Å². The molecule has 0 bridgehead atoms. The third-order valence-electron chi connectivity index (χ3n) is 8.95. The van der Waals surface area contributed by atoms with E-state index in [1.165, 1.54) is 43.1 Å². The molecule has 9 rings (SSSR count). The zero-order valence-corrected chi connectivity index (χ0v) is 26.8. The van der Waals surface area contributed by atoms with Crippen molar-refractivity contribution in [3.63, 3.8) is 0 Å². The molecule has 0 amide bonds. The van der Waals surface area contributed by atoms with Gasteiger partial charge in [-0.1, -0.05) is 91.0 Å². The Balaban J connectivity index is 1.01. The van der Waals surface area contributed by atoms with Crippen LogP contribution in [0.5, 0.6) is 0 Å². The van der Waals surface area contributed by atoms with E-state index in [2.05, 4.69) is 168 Å². The van der Waals surface area contributed by atoms with Crippen LogP contribution in [0.2, 0.25) is 0 Å². The number of benzene rings is 7. The Hall–Kier alpha value is -6.10. The van der Waals surface area contributed by atoms with Crippen molar-refractivity contribution in [3.05, 3.63) is 176 Å². The van der Waals surface area contributed by atoms with Crippen LogP contribution in [0.15, 0.2) is 176 Å². The zero-order chi connectivity index (χ0) is 31.9. The summed E-state index contributed by atoms with van der Waals surface area (Å²) in [6.07, 6.45) is 3.78. The van der Waals surface area contributed by atoms with Gasteiger partial charge in [-0.2, -0.15) is 0 Å². The first-order chi connectivity index (χ1) is 23.7. The molecule has 0 saturated heterocycles. The lowest BCUT2D eigenvalue weighted by Gasteiger charge is -2.26. The Morgan fingerprint density at radius 3 is 1.71 bits per heavy atom. The minimum atomic E-state index is 1.05. The zero-order valence-electron chi connectivity index (χ0n) is 26.0. The highest BCUT2D eigenvalue weighted by Crippen LogP contribution is 2.38. The molecule has 0 atom stereocenters. The topological polar surface area (TPSA) is 29.0 Å². The molecular weight excluding hydrogens is 603 g/mol. The monoisotopic (exact) mass is 631 g/mol. The lowest BCUT2D eigenvalue weighted by molar-refractivity contribution is 1.28. The predicted molar refractivity (Wildman–Crippen MR) is 203 cm³/mol. The Bertz CT molecular complexity index is 2500. The summed E-state index contributed by atoms with van der Waals surface area (Å²) >= 11 is 1.73. The van der Waals surface area contributed by atoms with E-state index < -0.39 is 0 Å². The SMILES string of the molecule is c1ccc(N(c2ccc(-c3ccc(-c4nc5ccccc5s4)cc3)cc2)c2ccc(-c3ccc4cc5cnccc5cc4c3)cc2)cc1. The normalized spacial score (nSPS) is 11.3. The van der Waals surface area contributed by atoms with Gasteiger partial charge in [0.15, 0.2) is 0 Å². The van der Waals surface area contributed by atoms with E-state index in [4.69, 9.17) is 4.98 Å². The molecule has 0 aliphatic rings. The van der Waals surface area contributed by atoms with Gasteiger partial charge in [-0.05, 0) is 111 Å². The van der Waals surface area contributed by atoms with E-state index in [0.29, 0.717) is 0 Å². The second-order valence-electron chi connectivity index (χ2n) is 12.0. The van der Waals surface area contributed by atoms with Gasteiger partial charge in [0.05, 0.1) is 10.2 Å². The van der Waals surface area contributed by atoms with Gasteiger partial charge in [0.25, 0.3) is 0 Å². The van der Waals surface area contributed by atoms with E-state index in [0.717, 1.165) is 38.5 Å². The van der Waals surface area contributed by atoms with Crippen molar-refractivity contribution in [2.24, 2.45) is 0 Å². The van der Waals surface area contributed by atoms with Gasteiger partial charge >= 0.3 is 0 Å². The fourth-order valence-corrected chi connectivity index (χ4v) is 7.42. The quantitative estimate of drug-likeness (QED) is 0.171. The van der Waals surface area contributed by atoms with Crippen molar-refractivity contribution in [2.75, 3.05) is 4.90 Å². The van der Waals surface area contributed by atoms with E-state index >= 15 is 0 Å². The number of rotatable bonds is 6. The summed E-state index contributed by atoms with van der Waals surface area (Å²) in [4.78, 5) is 11.4. The second-order valence-corrected chi connectivity index (χ2v) is 13.0. The molecule has 0 fully saturated rings. The summed E-state index contributed by atoms with van der Waals surface area (Å²) in [5.74, 6) is 0. The van der Waals surface area contributed by atoms with Gasteiger partial charge in [-0.3, -0.25) is 4.98 Å². The van der Waals surface area contributed by atoms with Crippen molar-refractivity contribution < 1.29 is 0 Å². The molecule has 7 aromatic carbocycles. The molecule has 0 N–H and O–H groups in total. The predicted octanol–water partition coefficient (Wildman–Crippen LogP) is 12.5. The van der Waals surface area contributed by atoms with E-state index in [-0.39, 0.29) is 0 Å². The molecule has 0 unspecified atom stereocenters. The van der Waals surface area contributed by atoms with Crippen LogP contribution < -0.4 is 4.90 Å². The summed E-state index contributed by atoms with van der Waals surface area (Å²) in [6, 6.07) is 58.5. The smallest absolute Gasteiger partial charge is 0.124 e. The van der Waals surface area contributed by atoms with Gasteiger partial charge < -0.3 is 4.90 Å². The molecule has 0 aliphatic carbocycles. The second kappa shape index (κ2) is 11.9. The first-order valence-corrected chi connectivity index (χ1v) is 16.9. The fraction of sp³-hybridized carbons (Fsp3) is 0. The Morgan fingerprint density at radius 2 is 0.979 bits per heavy atom. The molecule has 3 nitrogen and oxygen atoms in total. The van der Waals surface area contributed by atoms with Crippen molar-refractivity contribution in [3.8, 4) is 32.8 Å². The maximum atomic E-state index is 4.83. The summed E-state index contributed by atoms with van der Waals surface area (Å²) in [6.45, 7) is 0. The number of nitrogens with zero attached hydrogens (tertiary/aromatic N) is 3. The number of aromatic nitrogens is 2. The van der Waals surface area contributed by atoms with Crippen LogP contribution in [-0.2, 0) is 0 Å². The minimum absolute atomic E-state index is 1.05. The average molecular weight is 632 g/mol. The van der Waals surface area contributed by atoms with Gasteiger partial charge in [-0.15, -0.1) is 11.3 Å². The lowest BCUT2D eigenvalue weighted by Crippen LogP contribution is -2.09. The fourth-order valence-electron chi connectivity index (χ4n) is 6.45. The Kier molecular flexibility index (Phi) is 6.99. The molecule has 2 heterocycles. The van der Waals surface area contributed by atoms with Crippen molar-refractivity contribution in [1.29, 1.82) is 0 Å². The van der Waals surface area contributed by atoms with E-state index in [9.17, 15) is 0 Å². The average Bonchev–Trinajstić information content (AvgIpc) is 3.60. The number of para-hydroxylation sites is 2. The molecule has 0 saturated carbocycles. The van der Waals surface area contributed by atoms with Crippen molar-refractivity contribution in [2.45, 2.75) is 0 Å². The first-order valence-electron chi connectivity index (χ1n) is 16.0. The highest BCUT2D eigenvalue weighted by molar-refractivity contribution is 7.21. The maximum Gasteiger partial charge on any atom is 0.124 e. The number of fused-ring (bicyclic) bond motifs is 3. The van der Waals surface area contributed by atoms with Crippen LogP contribution in [0.3, 0.4) is 0 Å². The van der Waals surface area contributed by atoms with Crippen LogP contribution >= 0.6 is 11.3 Å². The number of hydrogen-bond donors (Lipinski definition) is 0. The maximum absolute atomic E-state index is 4.83. The van der Waals surface area contributed by atoms with Crippen LogP contribution in [0.1, 0.15) is 0 Å². The molecular formula is C44H29N3S. The van der Waals surface area contributed by atoms with E-state index in [1.807, 2.05) is 18.5 Å². The third kappa shape index (κ3) is 5.28. The summed E-state index contributed by atoms with van der Waals surface area (Å²) in [7, 11) is 0. The largest absolute Gasteiger partial charge is 0.311 e. The minimum Gasteiger partial charge on any atom is -0.311 e. The molecule has 48 heavy (non-hydrogen) atoms. The standard InChI is InChI=1S/C44H29N3S/c1-2-6-39(7-3-1)47(41-22-18-32(19-23-41)34-14-15-35-28-38-29-45-25-24-36(38)27-37(35)26-34)40-20-16-31(17-21-40)30-10-12-33(13-11-30)44-46-42-8-4-5-9-43(42)48-44/h1-29H. The molecule has 226 valence electrons. The molecule has 0 spiro atoms. The summed E-state index contributed by atoms with van der Waals surface area (Å²) < 4.78 is 1.21. The summed E-state index contributed by atoms with van der Waals surface area (Å²) in [5.41, 5.74) is 10.3. The molecule has 4 heteroatoms. The summed E-state index contributed by atoms with van der Waals surface area (Å²) in [5, 5.41) is 5.87. The highest BCUT2D eigenvalue weighted by atomic mass is 32.1. The van der Waals surface area contributed by atoms with Crippen molar-refractivity contribution in [1.82, 2.24) is 9.97 Å². The van der Waals surface area contributed by atoms with Crippen LogP contribution in [-0.4, -0.2) is 9.97 Å². The Labute approximate surface area is 283 Å². The third-order valence-corrected chi connectivity index (χ3v) is 10.0. The van der Waals surface area contributed by atoms with Crippen LogP contribution in [0.4, 0.5) is 17.1 Å². The number of anilines is 3. The Morgan fingerprint density at radius 1 is 0.417 bits per heavy atom. The van der Waals surface area contributed by atoms with Gasteiger partial charge in [-0.25, -0.2) is 4.98 Å². The van der Waals surface area contributed by atoms with Crippen LogP contribution in [0, 0.1) is 0 Å². The lowest BCUT2D eigenvalue weighted by atomic mass is 9.99. The van der Waals surface area contributed by atoms with Gasteiger partial charge in [0.1, 0.15) is 5.01 Å². The molecule has 0 radical (unpaired) electrons. The first kappa shape index (κ1) is 28.1. The highest BCUT2D eigenvalue weighted by Gasteiger charge is 2.14. The molecule has 2 aromatic heterocycles. The van der Waals surface area contributed by atoms with Crippen molar-refractivity contribution >= 4 is 60.2 Å². The number of thiazole rings is 1. The van der Waals surface area contributed by atoms with E-state index in [1.54, 1.807) is 11.3 Å². The van der Waals surface area contributed by atoms with Crippen LogP contribution in [0.25, 0.3) is 64.6 Å². The van der Waals surface area contributed by atoms with Gasteiger partial charge in [0, 0.05) is 40.4 Å². The number of pyridine rings is 1. The molecule has 0 aliphatic heterocycles. The molecule has 9 aromatic rings. The number of hydrogen-bond acceptors (Lipinski definition) is 4.